The first-order valence-corrected chi connectivity index (χ1v) is 1.88. The van der Waals surface area contributed by atoms with Gasteiger partial charge in [0.1, 0.15) is 0 Å². The Hall–Kier alpha value is 3.44. The molecule has 0 bridgehead atoms. The first-order valence-electron chi connectivity index (χ1n) is 1.88. The summed E-state index contributed by atoms with van der Waals surface area (Å²) in [6, 6.07) is 0. The van der Waals surface area contributed by atoms with Crippen LogP contribution in [0, 0.1) is 0 Å². The van der Waals surface area contributed by atoms with Crippen molar-refractivity contribution in [2.45, 2.75) is 0 Å². The maximum atomic E-state index is 9.86. The van der Waals surface area contributed by atoms with Crippen molar-refractivity contribution in [1.29, 1.82) is 0 Å². The maximum absolute atomic E-state index is 9.86. The Morgan fingerprint density at radius 1 is 0.800 bits per heavy atom. The Balaban J connectivity index is -0.0000000405. The minimum atomic E-state index is -1.92. The van der Waals surface area contributed by atoms with Gasteiger partial charge in [0.2, 0.25) is 0 Å². The van der Waals surface area contributed by atoms with Gasteiger partial charge < -0.3 is 25.2 Å². The second kappa shape index (κ2) is 22.6. The van der Waals surface area contributed by atoms with Gasteiger partial charge in [0.05, 0.1) is 0 Å². The summed E-state index contributed by atoms with van der Waals surface area (Å²) >= 11 is 0. The summed E-state index contributed by atoms with van der Waals surface area (Å²) in [5.74, 6) is 0. The quantitative estimate of drug-likeness (QED) is 0.277. The standard InChI is InChI=1S/C3H2O7.2K.2Na.H2O.4H/c4-1(5)9-3(8)10-2(6)7;;;;;;;;;/h(H,4,5)(H,6,7);;;;;1H2;;;;. The van der Waals surface area contributed by atoms with Gasteiger partial charge in [-0.1, -0.05) is 0 Å². The van der Waals surface area contributed by atoms with Crippen LogP contribution in [0.25, 0.3) is 0 Å². The van der Waals surface area contributed by atoms with Crippen molar-refractivity contribution in [3.63, 3.8) is 0 Å². The number of carbonyl (C=O) groups excluding carboxylic acids is 1. The van der Waals surface area contributed by atoms with Crippen molar-refractivity contribution in [1.82, 2.24) is 0 Å². The molecule has 15 heavy (non-hydrogen) atoms. The van der Waals surface area contributed by atoms with Crippen molar-refractivity contribution in [3.05, 3.63) is 0 Å². The fraction of sp³-hybridized carbons (Fsp3) is 0. The molecule has 0 aliphatic rings. The van der Waals surface area contributed by atoms with Crippen LogP contribution in [0.15, 0.2) is 0 Å². The molecule has 0 aliphatic heterocycles. The molecular weight excluding hydrogens is 288 g/mol. The third kappa shape index (κ3) is 31.8. The summed E-state index contributed by atoms with van der Waals surface area (Å²) in [7, 11) is 0. The first-order chi connectivity index (χ1) is 4.52. The number of carbonyl (C=O) groups is 3. The van der Waals surface area contributed by atoms with Gasteiger partial charge in [0.25, 0.3) is 0 Å². The summed E-state index contributed by atoms with van der Waals surface area (Å²) in [5.41, 5.74) is 0. The minimum absolute atomic E-state index is 0. The topological polar surface area (TPSA) is 142 Å². The van der Waals surface area contributed by atoms with Crippen molar-refractivity contribution in [2.24, 2.45) is 0 Å². The zero-order valence-electron chi connectivity index (χ0n) is 4.94. The van der Waals surface area contributed by atoms with Crippen LogP contribution >= 0.6 is 0 Å². The van der Waals surface area contributed by atoms with E-state index in [1.165, 1.54) is 0 Å². The molecule has 0 rings (SSSR count). The Kier molecular flexibility index (Phi) is 54.6. The molecule has 0 spiro atoms. The van der Waals surface area contributed by atoms with Crippen LogP contribution in [-0.4, -0.2) is 196 Å². The molecule has 0 amide bonds. The van der Waals surface area contributed by atoms with E-state index in [-0.39, 0.29) is 167 Å². The Morgan fingerprint density at radius 3 is 1.13 bits per heavy atom. The fourth-order valence-electron chi connectivity index (χ4n) is 0.163. The predicted octanol–water partition coefficient (Wildman–Crippen LogP) is -2.92. The molecule has 0 saturated carbocycles. The molecule has 0 unspecified atom stereocenters. The van der Waals surface area contributed by atoms with Gasteiger partial charge in [-0.15, -0.1) is 0 Å². The van der Waals surface area contributed by atoms with Gasteiger partial charge >= 0.3 is 180 Å². The molecule has 0 fully saturated rings. The number of hydrogen-bond acceptors (Lipinski definition) is 5. The van der Waals surface area contributed by atoms with Crippen LogP contribution in [0.3, 0.4) is 0 Å². The van der Waals surface area contributed by atoms with E-state index in [1.54, 1.807) is 0 Å². The third-order valence-electron chi connectivity index (χ3n) is 0.341. The molecule has 0 aromatic rings. The van der Waals surface area contributed by atoms with Gasteiger partial charge in [0, 0.05) is 0 Å². The summed E-state index contributed by atoms with van der Waals surface area (Å²) < 4.78 is 6.47. The van der Waals surface area contributed by atoms with Crippen molar-refractivity contribution in [3.8, 4) is 0 Å². The zero-order valence-corrected chi connectivity index (χ0v) is 4.94. The molecule has 0 aliphatic carbocycles. The van der Waals surface area contributed by atoms with E-state index in [0.717, 1.165) is 0 Å². The van der Waals surface area contributed by atoms with Crippen LogP contribution in [-0.2, 0) is 9.47 Å². The Labute approximate surface area is 214 Å². The van der Waals surface area contributed by atoms with Crippen molar-refractivity contribution in [2.75, 3.05) is 0 Å². The SMILES string of the molecule is O.O=C(O)OC(=O)OC(=O)O.[KH].[KH].[NaH].[NaH]. The Morgan fingerprint density at radius 2 is 1.00 bits per heavy atom. The zero-order chi connectivity index (χ0) is 8.15. The number of carboxylic acid groups (broad SMARTS) is 2. The van der Waals surface area contributed by atoms with E-state index in [9.17, 15) is 14.4 Å². The van der Waals surface area contributed by atoms with Gasteiger partial charge in [-0.2, -0.15) is 0 Å². The average Bonchev–Trinajstić information content (AvgIpc) is 1.58. The second-order valence-corrected chi connectivity index (χ2v) is 0.986. The summed E-state index contributed by atoms with van der Waals surface area (Å²) in [6.45, 7) is 0. The molecule has 0 heterocycles. The van der Waals surface area contributed by atoms with E-state index >= 15 is 0 Å². The molecule has 72 valence electrons. The van der Waals surface area contributed by atoms with E-state index < -0.39 is 18.5 Å². The summed E-state index contributed by atoms with van der Waals surface area (Å²) in [5, 5.41) is 15.4. The average molecular weight is 296 g/mol. The van der Waals surface area contributed by atoms with E-state index in [4.69, 9.17) is 10.2 Å². The first kappa shape index (κ1) is 36.2. The summed E-state index contributed by atoms with van der Waals surface area (Å²) in [4.78, 5) is 28.8. The van der Waals surface area contributed by atoms with Gasteiger partial charge in [0.15, 0.2) is 0 Å². The molecule has 0 saturated heterocycles. The van der Waals surface area contributed by atoms with Crippen LogP contribution in [0.5, 0.6) is 0 Å². The molecule has 0 aromatic carbocycles. The number of rotatable bonds is 0. The van der Waals surface area contributed by atoms with Gasteiger partial charge in [-0.05, 0) is 0 Å². The molecule has 4 N–H and O–H groups in total. The van der Waals surface area contributed by atoms with Crippen LogP contribution in [0.4, 0.5) is 14.4 Å². The van der Waals surface area contributed by atoms with Gasteiger partial charge in [-0.25, -0.2) is 14.4 Å². The second-order valence-electron chi connectivity index (χ2n) is 0.986. The number of ether oxygens (including phenoxy) is 2. The van der Waals surface area contributed by atoms with E-state index in [1.807, 2.05) is 0 Å². The van der Waals surface area contributed by atoms with E-state index in [0.29, 0.717) is 0 Å². The monoisotopic (exact) mass is 296 g/mol. The molecule has 0 atom stereocenters. The Bertz CT molecular complexity index is 169. The molecular formula is C3H8K2Na2O8. The van der Waals surface area contributed by atoms with Crippen molar-refractivity contribution < 1.29 is 39.5 Å². The van der Waals surface area contributed by atoms with Crippen LogP contribution in [0.2, 0.25) is 0 Å². The molecule has 0 aromatic heterocycles. The molecule has 0 radical (unpaired) electrons. The molecule has 12 heteroatoms. The number of hydrogen-bond donors (Lipinski definition) is 2. The normalized spacial score (nSPS) is 5.33. The summed E-state index contributed by atoms with van der Waals surface area (Å²) in [6.07, 6.45) is -5.64. The molecule has 8 nitrogen and oxygen atoms in total. The van der Waals surface area contributed by atoms with Gasteiger partial charge in [-0.3, -0.25) is 0 Å². The predicted molar refractivity (Wildman–Crippen MR) is 55.8 cm³/mol. The fourth-order valence-corrected chi connectivity index (χ4v) is 0.163. The van der Waals surface area contributed by atoms with E-state index in [2.05, 4.69) is 9.47 Å². The third-order valence-corrected chi connectivity index (χ3v) is 0.341. The van der Waals surface area contributed by atoms with Crippen molar-refractivity contribution >= 4 is 180 Å². The van der Waals surface area contributed by atoms with Crippen LogP contribution < -0.4 is 0 Å². The van der Waals surface area contributed by atoms with Crippen LogP contribution in [0.1, 0.15) is 0 Å².